The number of carbonyl (C=O) groups is 2. The van der Waals surface area contributed by atoms with E-state index in [2.05, 4.69) is 0 Å². The Bertz CT molecular complexity index is 1240. The number of halogens is 4. The SMILES string of the molecule is CN1c2cc(F)ccc2N(Cc2ccccc2C(F)(F)F)C(=O)C1Cc1ccc(C(=O)O)cc1. The highest BCUT2D eigenvalue weighted by molar-refractivity contribution is 6.05. The number of rotatable bonds is 5. The van der Waals surface area contributed by atoms with Crippen LogP contribution in [-0.2, 0) is 23.9 Å². The van der Waals surface area contributed by atoms with E-state index in [0.717, 1.165) is 12.1 Å². The fourth-order valence-corrected chi connectivity index (χ4v) is 4.14. The van der Waals surface area contributed by atoms with Crippen molar-refractivity contribution in [3.05, 3.63) is 94.8 Å². The maximum atomic E-state index is 14.1. The molecule has 1 aliphatic rings. The van der Waals surface area contributed by atoms with E-state index in [4.69, 9.17) is 5.11 Å². The number of aromatic carboxylic acids is 1. The van der Waals surface area contributed by atoms with Crippen LogP contribution in [-0.4, -0.2) is 30.1 Å². The summed E-state index contributed by atoms with van der Waals surface area (Å²) in [4.78, 5) is 27.5. The third kappa shape index (κ3) is 4.46. The lowest BCUT2D eigenvalue weighted by molar-refractivity contribution is -0.138. The lowest BCUT2D eigenvalue weighted by Crippen LogP contribution is -2.53. The Balaban J connectivity index is 1.73. The Kier molecular flexibility index (Phi) is 6.03. The number of carboxylic acids is 1. The Morgan fingerprint density at radius 2 is 1.68 bits per heavy atom. The first-order valence-electron chi connectivity index (χ1n) is 10.4. The quantitative estimate of drug-likeness (QED) is 0.523. The molecule has 1 heterocycles. The zero-order valence-electron chi connectivity index (χ0n) is 18.0. The van der Waals surface area contributed by atoms with Gasteiger partial charge in [0.2, 0.25) is 5.91 Å². The summed E-state index contributed by atoms with van der Waals surface area (Å²) in [6.45, 7) is -0.338. The molecule has 0 spiro atoms. The van der Waals surface area contributed by atoms with Crippen LogP contribution in [0.25, 0.3) is 0 Å². The zero-order valence-corrected chi connectivity index (χ0v) is 18.0. The molecule has 3 aromatic rings. The van der Waals surface area contributed by atoms with E-state index in [1.54, 1.807) is 24.1 Å². The number of carbonyl (C=O) groups excluding carboxylic acids is 1. The van der Waals surface area contributed by atoms with Crippen molar-refractivity contribution in [2.45, 2.75) is 25.2 Å². The van der Waals surface area contributed by atoms with Gasteiger partial charge >= 0.3 is 12.1 Å². The highest BCUT2D eigenvalue weighted by atomic mass is 19.4. The topological polar surface area (TPSA) is 60.9 Å². The van der Waals surface area contributed by atoms with Crippen LogP contribution in [0.1, 0.15) is 27.0 Å². The standard InChI is InChI=1S/C25H20F4N2O3/c1-30-21-13-18(26)10-11-20(21)31(14-17-4-2-3-5-19(17)25(27,28)29)23(32)22(30)12-15-6-8-16(9-7-15)24(33)34/h2-11,13,22H,12,14H2,1H3,(H,33,34). The second-order valence-electron chi connectivity index (χ2n) is 8.05. The van der Waals surface area contributed by atoms with Crippen LogP contribution in [0, 0.1) is 5.82 Å². The molecular weight excluding hydrogens is 452 g/mol. The first-order chi connectivity index (χ1) is 16.1. The van der Waals surface area contributed by atoms with Gasteiger partial charge in [-0.3, -0.25) is 4.79 Å². The fraction of sp³-hybridized carbons (Fsp3) is 0.200. The summed E-state index contributed by atoms with van der Waals surface area (Å²) in [6, 6.07) is 14.0. The lowest BCUT2D eigenvalue weighted by atomic mass is 9.97. The minimum atomic E-state index is -4.59. The molecule has 0 radical (unpaired) electrons. The highest BCUT2D eigenvalue weighted by Gasteiger charge is 2.39. The third-order valence-electron chi connectivity index (χ3n) is 5.91. The van der Waals surface area contributed by atoms with E-state index < -0.39 is 35.5 Å². The predicted molar refractivity (Wildman–Crippen MR) is 118 cm³/mol. The highest BCUT2D eigenvalue weighted by Crippen LogP contribution is 2.39. The monoisotopic (exact) mass is 472 g/mol. The molecule has 0 aliphatic carbocycles. The van der Waals surface area contributed by atoms with Crippen molar-refractivity contribution in [1.82, 2.24) is 0 Å². The van der Waals surface area contributed by atoms with Crippen LogP contribution in [0.4, 0.5) is 28.9 Å². The molecule has 5 nitrogen and oxygen atoms in total. The summed E-state index contributed by atoms with van der Waals surface area (Å²) in [5.74, 6) is -2.07. The predicted octanol–water partition coefficient (Wildman–Crippen LogP) is 5.14. The molecule has 0 aromatic heterocycles. The lowest BCUT2D eigenvalue weighted by Gasteiger charge is -2.41. The third-order valence-corrected chi connectivity index (χ3v) is 5.91. The van der Waals surface area contributed by atoms with E-state index in [1.807, 2.05) is 0 Å². The van der Waals surface area contributed by atoms with Crippen LogP contribution in [0.2, 0.25) is 0 Å². The fourth-order valence-electron chi connectivity index (χ4n) is 4.14. The Morgan fingerprint density at radius 3 is 2.32 bits per heavy atom. The molecule has 4 rings (SSSR count). The zero-order chi connectivity index (χ0) is 24.6. The van der Waals surface area contributed by atoms with E-state index in [9.17, 15) is 27.2 Å². The molecule has 1 atom stereocenters. The first kappa shape index (κ1) is 23.3. The van der Waals surface area contributed by atoms with Crippen molar-refractivity contribution in [3.63, 3.8) is 0 Å². The van der Waals surface area contributed by atoms with Crippen LogP contribution in [0.3, 0.4) is 0 Å². The van der Waals surface area contributed by atoms with Gasteiger partial charge in [0.15, 0.2) is 0 Å². The summed E-state index contributed by atoms with van der Waals surface area (Å²) < 4.78 is 54.8. The minimum absolute atomic E-state index is 0.0762. The van der Waals surface area contributed by atoms with Crippen LogP contribution in [0.5, 0.6) is 0 Å². The number of anilines is 2. The summed E-state index contributed by atoms with van der Waals surface area (Å²) in [5, 5.41) is 9.09. The molecule has 0 saturated heterocycles. The van der Waals surface area contributed by atoms with Gasteiger partial charge in [-0.2, -0.15) is 13.2 Å². The van der Waals surface area contributed by atoms with Gasteiger partial charge in [0.05, 0.1) is 29.0 Å². The number of alkyl halides is 3. The summed E-state index contributed by atoms with van der Waals surface area (Å²) in [6.07, 6.45) is -4.44. The molecule has 0 saturated carbocycles. The largest absolute Gasteiger partial charge is 0.478 e. The van der Waals surface area contributed by atoms with Gasteiger partial charge < -0.3 is 14.9 Å². The van der Waals surface area contributed by atoms with Gasteiger partial charge in [-0.25, -0.2) is 9.18 Å². The van der Waals surface area contributed by atoms with Crippen molar-refractivity contribution in [2.24, 2.45) is 0 Å². The minimum Gasteiger partial charge on any atom is -0.478 e. The molecule has 0 bridgehead atoms. The number of carboxylic acid groups (broad SMARTS) is 1. The number of benzene rings is 3. The molecule has 1 amide bonds. The molecule has 1 aliphatic heterocycles. The van der Waals surface area contributed by atoms with Crippen LogP contribution in [0.15, 0.2) is 66.7 Å². The first-order valence-corrected chi connectivity index (χ1v) is 10.4. The van der Waals surface area contributed by atoms with E-state index in [1.165, 1.54) is 47.4 Å². The second-order valence-corrected chi connectivity index (χ2v) is 8.05. The Hall–Kier alpha value is -3.88. The molecule has 1 unspecified atom stereocenters. The maximum Gasteiger partial charge on any atom is 0.416 e. The molecule has 3 aromatic carbocycles. The Labute approximate surface area is 192 Å². The number of hydrogen-bond acceptors (Lipinski definition) is 3. The number of hydrogen-bond donors (Lipinski definition) is 1. The number of amides is 1. The van der Waals surface area contributed by atoms with Gasteiger partial charge in [-0.05, 0) is 47.5 Å². The molecular formula is C25H20F4N2O3. The van der Waals surface area contributed by atoms with Crippen molar-refractivity contribution in [2.75, 3.05) is 16.8 Å². The van der Waals surface area contributed by atoms with Crippen molar-refractivity contribution in [1.29, 1.82) is 0 Å². The van der Waals surface area contributed by atoms with E-state index >= 15 is 0 Å². The molecule has 34 heavy (non-hydrogen) atoms. The van der Waals surface area contributed by atoms with E-state index in [0.29, 0.717) is 16.9 Å². The number of likely N-dealkylation sites (N-methyl/N-ethyl adjacent to an activating group) is 1. The average Bonchev–Trinajstić information content (AvgIpc) is 2.79. The molecule has 1 N–H and O–H groups in total. The van der Waals surface area contributed by atoms with Gasteiger partial charge in [-0.15, -0.1) is 0 Å². The average molecular weight is 472 g/mol. The molecule has 0 fully saturated rings. The maximum absolute atomic E-state index is 14.1. The van der Waals surface area contributed by atoms with Crippen LogP contribution < -0.4 is 9.80 Å². The van der Waals surface area contributed by atoms with Gasteiger partial charge in [-0.1, -0.05) is 30.3 Å². The number of nitrogens with zero attached hydrogens (tertiary/aromatic N) is 2. The van der Waals surface area contributed by atoms with Crippen molar-refractivity contribution in [3.8, 4) is 0 Å². The second kappa shape index (κ2) is 8.81. The van der Waals surface area contributed by atoms with Gasteiger partial charge in [0.1, 0.15) is 11.9 Å². The van der Waals surface area contributed by atoms with Crippen molar-refractivity contribution >= 4 is 23.3 Å². The number of fused-ring (bicyclic) bond motifs is 1. The summed E-state index contributed by atoms with van der Waals surface area (Å²) in [5.41, 5.74) is 0.508. The summed E-state index contributed by atoms with van der Waals surface area (Å²) >= 11 is 0. The summed E-state index contributed by atoms with van der Waals surface area (Å²) in [7, 11) is 1.62. The normalized spacial score (nSPS) is 15.9. The van der Waals surface area contributed by atoms with E-state index in [-0.39, 0.29) is 24.1 Å². The van der Waals surface area contributed by atoms with Gasteiger partial charge in [0.25, 0.3) is 0 Å². The van der Waals surface area contributed by atoms with Gasteiger partial charge in [0, 0.05) is 13.5 Å². The molecule has 176 valence electrons. The Morgan fingerprint density at radius 1 is 1.00 bits per heavy atom. The van der Waals surface area contributed by atoms with Crippen LogP contribution >= 0.6 is 0 Å². The molecule has 9 heteroatoms. The smallest absolute Gasteiger partial charge is 0.416 e. The van der Waals surface area contributed by atoms with Crippen molar-refractivity contribution < 1.29 is 32.3 Å².